The van der Waals surface area contributed by atoms with Gasteiger partial charge in [0, 0.05) is 5.57 Å². The molecule has 1 aliphatic carbocycles. The van der Waals surface area contributed by atoms with Crippen molar-refractivity contribution in [2.24, 2.45) is 5.41 Å². The molecule has 0 heterocycles. The molecule has 108 valence electrons. The number of carbonyl (C=O) groups excluding carboxylic acids is 1. The first-order valence-corrected chi connectivity index (χ1v) is 7.41. The first kappa shape index (κ1) is 16.0. The van der Waals surface area contributed by atoms with Crippen molar-refractivity contribution in [1.82, 2.24) is 0 Å². The molecule has 1 aliphatic rings. The van der Waals surface area contributed by atoms with E-state index in [1.807, 2.05) is 19.9 Å². The predicted octanol–water partition coefficient (Wildman–Crippen LogP) is 4.80. The second-order valence-electron chi connectivity index (χ2n) is 6.14. The maximum absolute atomic E-state index is 11.5. The molecule has 0 saturated heterocycles. The summed E-state index contributed by atoms with van der Waals surface area (Å²) < 4.78 is 4.99. The SMILES string of the molecule is CCOC(=O)/C(C)=C/CCC1=C(C)CCCC1(C)C. The van der Waals surface area contributed by atoms with Crippen molar-refractivity contribution in [3.05, 3.63) is 22.8 Å². The first-order chi connectivity index (χ1) is 8.88. The van der Waals surface area contributed by atoms with Crippen LogP contribution in [0.15, 0.2) is 22.8 Å². The molecule has 0 aliphatic heterocycles. The topological polar surface area (TPSA) is 26.3 Å². The van der Waals surface area contributed by atoms with Gasteiger partial charge in [-0.3, -0.25) is 0 Å². The molecular formula is C17H28O2. The summed E-state index contributed by atoms with van der Waals surface area (Å²) >= 11 is 0. The van der Waals surface area contributed by atoms with E-state index in [2.05, 4.69) is 20.8 Å². The number of rotatable bonds is 5. The summed E-state index contributed by atoms with van der Waals surface area (Å²) in [5, 5.41) is 0. The minimum absolute atomic E-state index is 0.184. The maximum atomic E-state index is 11.5. The fourth-order valence-corrected chi connectivity index (χ4v) is 2.99. The Morgan fingerprint density at radius 2 is 2.11 bits per heavy atom. The molecule has 0 aromatic heterocycles. The Bertz CT molecular complexity index is 386. The predicted molar refractivity (Wildman–Crippen MR) is 80.0 cm³/mol. The van der Waals surface area contributed by atoms with Gasteiger partial charge >= 0.3 is 5.97 Å². The van der Waals surface area contributed by atoms with Gasteiger partial charge < -0.3 is 4.74 Å². The van der Waals surface area contributed by atoms with E-state index in [0.717, 1.165) is 18.4 Å². The summed E-state index contributed by atoms with van der Waals surface area (Å²) in [4.78, 5) is 11.5. The average molecular weight is 264 g/mol. The summed E-state index contributed by atoms with van der Waals surface area (Å²) in [6.07, 6.45) is 7.83. The molecule has 19 heavy (non-hydrogen) atoms. The number of esters is 1. The molecule has 0 bridgehead atoms. The van der Waals surface area contributed by atoms with Crippen molar-refractivity contribution in [3.63, 3.8) is 0 Å². The van der Waals surface area contributed by atoms with Crippen LogP contribution in [-0.2, 0) is 9.53 Å². The molecule has 0 aromatic carbocycles. The zero-order chi connectivity index (χ0) is 14.5. The van der Waals surface area contributed by atoms with E-state index in [9.17, 15) is 4.79 Å². The van der Waals surface area contributed by atoms with Crippen LogP contribution >= 0.6 is 0 Å². The van der Waals surface area contributed by atoms with Crippen LogP contribution in [0.3, 0.4) is 0 Å². The summed E-state index contributed by atoms with van der Waals surface area (Å²) in [5.41, 5.74) is 4.20. The highest BCUT2D eigenvalue weighted by atomic mass is 16.5. The maximum Gasteiger partial charge on any atom is 0.333 e. The summed E-state index contributed by atoms with van der Waals surface area (Å²) in [6.45, 7) is 11.1. The van der Waals surface area contributed by atoms with E-state index < -0.39 is 0 Å². The lowest BCUT2D eigenvalue weighted by atomic mass is 9.71. The van der Waals surface area contributed by atoms with E-state index in [4.69, 9.17) is 4.74 Å². The van der Waals surface area contributed by atoms with Crippen molar-refractivity contribution in [1.29, 1.82) is 0 Å². The second kappa shape index (κ2) is 6.93. The summed E-state index contributed by atoms with van der Waals surface area (Å²) in [5.74, 6) is -0.184. The Morgan fingerprint density at radius 3 is 2.68 bits per heavy atom. The third-order valence-corrected chi connectivity index (χ3v) is 4.13. The third-order valence-electron chi connectivity index (χ3n) is 4.13. The van der Waals surface area contributed by atoms with Crippen molar-refractivity contribution in [3.8, 4) is 0 Å². The fourth-order valence-electron chi connectivity index (χ4n) is 2.99. The van der Waals surface area contributed by atoms with Gasteiger partial charge in [0.2, 0.25) is 0 Å². The number of allylic oxidation sites excluding steroid dienone is 3. The van der Waals surface area contributed by atoms with Gasteiger partial charge in [0.05, 0.1) is 6.61 Å². The van der Waals surface area contributed by atoms with Crippen molar-refractivity contribution < 1.29 is 9.53 Å². The Morgan fingerprint density at radius 1 is 1.42 bits per heavy atom. The van der Waals surface area contributed by atoms with Gasteiger partial charge in [0.15, 0.2) is 0 Å². The fraction of sp³-hybridized carbons (Fsp3) is 0.706. The van der Waals surface area contributed by atoms with Crippen molar-refractivity contribution >= 4 is 5.97 Å². The zero-order valence-electron chi connectivity index (χ0n) is 13.1. The van der Waals surface area contributed by atoms with Crippen LogP contribution in [0.5, 0.6) is 0 Å². The highest BCUT2D eigenvalue weighted by Crippen LogP contribution is 2.42. The lowest BCUT2D eigenvalue weighted by Crippen LogP contribution is -2.20. The number of ether oxygens (including phenoxy) is 1. The Hall–Kier alpha value is -1.05. The molecule has 1 rings (SSSR count). The largest absolute Gasteiger partial charge is 0.463 e. The van der Waals surface area contributed by atoms with Gasteiger partial charge in [-0.25, -0.2) is 4.79 Å². The molecule has 0 N–H and O–H groups in total. The van der Waals surface area contributed by atoms with E-state index >= 15 is 0 Å². The number of hydrogen-bond acceptors (Lipinski definition) is 2. The molecular weight excluding hydrogens is 236 g/mol. The molecule has 0 spiro atoms. The van der Waals surface area contributed by atoms with Crippen LogP contribution in [0.4, 0.5) is 0 Å². The molecule has 0 fully saturated rings. The molecule has 2 heteroatoms. The van der Waals surface area contributed by atoms with Crippen molar-refractivity contribution in [2.75, 3.05) is 6.61 Å². The molecule has 0 saturated carbocycles. The first-order valence-electron chi connectivity index (χ1n) is 7.41. The van der Waals surface area contributed by atoms with E-state index in [-0.39, 0.29) is 5.97 Å². The van der Waals surface area contributed by atoms with E-state index in [1.165, 1.54) is 19.3 Å². The Balaban J connectivity index is 2.61. The van der Waals surface area contributed by atoms with Crippen LogP contribution in [0, 0.1) is 5.41 Å². The molecule has 0 radical (unpaired) electrons. The minimum atomic E-state index is -0.184. The van der Waals surface area contributed by atoms with Gasteiger partial charge in [-0.2, -0.15) is 0 Å². The van der Waals surface area contributed by atoms with Crippen LogP contribution in [0.2, 0.25) is 0 Å². The molecule has 2 nitrogen and oxygen atoms in total. The smallest absolute Gasteiger partial charge is 0.333 e. The Kier molecular flexibility index (Phi) is 5.84. The van der Waals surface area contributed by atoms with Crippen LogP contribution in [0.1, 0.15) is 66.7 Å². The van der Waals surface area contributed by atoms with Crippen LogP contribution < -0.4 is 0 Å². The normalized spacial score (nSPS) is 19.5. The molecule has 0 unspecified atom stereocenters. The lowest BCUT2D eigenvalue weighted by Gasteiger charge is -2.34. The second-order valence-corrected chi connectivity index (χ2v) is 6.14. The van der Waals surface area contributed by atoms with Gasteiger partial charge in [-0.05, 0) is 58.3 Å². The van der Waals surface area contributed by atoms with Crippen LogP contribution in [0.25, 0.3) is 0 Å². The number of hydrogen-bond donors (Lipinski definition) is 0. The van der Waals surface area contributed by atoms with Gasteiger partial charge in [0.25, 0.3) is 0 Å². The lowest BCUT2D eigenvalue weighted by molar-refractivity contribution is -0.138. The van der Waals surface area contributed by atoms with E-state index in [0.29, 0.717) is 12.0 Å². The van der Waals surface area contributed by atoms with Gasteiger partial charge in [-0.15, -0.1) is 0 Å². The van der Waals surface area contributed by atoms with E-state index in [1.54, 1.807) is 11.1 Å². The van der Waals surface area contributed by atoms with Crippen LogP contribution in [-0.4, -0.2) is 12.6 Å². The molecule has 0 atom stereocenters. The summed E-state index contributed by atoms with van der Waals surface area (Å²) in [7, 11) is 0. The Labute approximate surface area is 117 Å². The third kappa shape index (κ3) is 4.52. The quantitative estimate of drug-likeness (QED) is 0.405. The molecule has 0 aromatic rings. The minimum Gasteiger partial charge on any atom is -0.463 e. The average Bonchev–Trinajstić information content (AvgIpc) is 2.32. The monoisotopic (exact) mass is 264 g/mol. The van der Waals surface area contributed by atoms with Gasteiger partial charge in [-0.1, -0.05) is 31.1 Å². The summed E-state index contributed by atoms with van der Waals surface area (Å²) in [6, 6.07) is 0. The zero-order valence-corrected chi connectivity index (χ0v) is 13.1. The number of carbonyl (C=O) groups is 1. The highest BCUT2D eigenvalue weighted by Gasteiger charge is 2.27. The molecule has 0 amide bonds. The van der Waals surface area contributed by atoms with Crippen molar-refractivity contribution in [2.45, 2.75) is 66.7 Å². The highest BCUT2D eigenvalue weighted by molar-refractivity contribution is 5.87. The standard InChI is InChI=1S/C17H28O2/c1-6-19-16(18)14(3)9-7-11-15-13(2)10-8-12-17(15,4)5/h9H,6-8,10-12H2,1-5H3/b14-9+. The van der Waals surface area contributed by atoms with Gasteiger partial charge in [0.1, 0.15) is 0 Å².